The Hall–Kier alpha value is -2.55. The Morgan fingerprint density at radius 3 is 3.14 bits per heavy atom. The molecule has 0 saturated heterocycles. The molecule has 1 aromatic carbocycles. The molecule has 7 nitrogen and oxygen atoms in total. The van der Waals surface area contributed by atoms with Gasteiger partial charge in [0.1, 0.15) is 11.2 Å². The summed E-state index contributed by atoms with van der Waals surface area (Å²) in [5.74, 6) is 0.568. The topological polar surface area (TPSA) is 67.9 Å². The highest BCUT2D eigenvalue weighted by atomic mass is 35.5. The Morgan fingerprint density at radius 2 is 2.25 bits per heavy atom. The molecular weight excluding hydrogens is 396 g/mol. The van der Waals surface area contributed by atoms with Crippen molar-refractivity contribution < 1.29 is 4.84 Å². The summed E-state index contributed by atoms with van der Waals surface area (Å²) < 4.78 is 1.73. The summed E-state index contributed by atoms with van der Waals surface area (Å²) in [4.78, 5) is 19.3. The average Bonchev–Trinajstić information content (AvgIpc) is 3.26. The first kappa shape index (κ1) is 17.5. The van der Waals surface area contributed by atoms with Gasteiger partial charge in [0.15, 0.2) is 18.1 Å². The molecule has 28 heavy (non-hydrogen) atoms. The molecule has 142 valence electrons. The zero-order chi connectivity index (χ0) is 19.1. The third-order valence-corrected chi connectivity index (χ3v) is 6.25. The molecule has 0 spiro atoms. The summed E-state index contributed by atoms with van der Waals surface area (Å²) in [6.45, 7) is 2.18. The van der Waals surface area contributed by atoms with Crippen molar-refractivity contribution in [2.24, 2.45) is 5.16 Å². The van der Waals surface area contributed by atoms with Crippen molar-refractivity contribution in [3.05, 3.63) is 57.4 Å². The summed E-state index contributed by atoms with van der Waals surface area (Å²) in [5, 5.41) is 10.2. The minimum Gasteiger partial charge on any atom is -0.387 e. The molecule has 0 fully saturated rings. The van der Waals surface area contributed by atoms with Crippen LogP contribution < -0.4 is 0 Å². The summed E-state index contributed by atoms with van der Waals surface area (Å²) in [6.07, 6.45) is 4.31. The Labute approximate surface area is 170 Å². The van der Waals surface area contributed by atoms with Crippen LogP contribution in [0.3, 0.4) is 0 Å². The maximum atomic E-state index is 6.10. The van der Waals surface area contributed by atoms with Gasteiger partial charge in [-0.15, -0.1) is 16.4 Å². The summed E-state index contributed by atoms with van der Waals surface area (Å²) in [5.41, 5.74) is 2.99. The number of oxime groups is 1. The average molecular weight is 413 g/mol. The Balaban J connectivity index is 1.41. The summed E-state index contributed by atoms with van der Waals surface area (Å²) in [7, 11) is 2.14. The normalized spacial score (nSPS) is 14.9. The maximum Gasteiger partial charge on any atom is 0.192 e. The third-order valence-electron chi connectivity index (χ3n) is 4.78. The van der Waals surface area contributed by atoms with E-state index in [0.717, 1.165) is 40.9 Å². The third kappa shape index (κ3) is 3.13. The number of likely N-dealkylation sites (N-methyl/N-ethyl adjacent to an activating group) is 1. The van der Waals surface area contributed by atoms with Gasteiger partial charge in [-0.1, -0.05) is 35.0 Å². The molecule has 0 radical (unpaired) electrons. The van der Waals surface area contributed by atoms with Gasteiger partial charge in [0.25, 0.3) is 0 Å². The number of fused-ring (bicyclic) bond motifs is 5. The molecule has 4 heterocycles. The first-order valence-corrected chi connectivity index (χ1v) is 10.1. The minimum absolute atomic E-state index is 0.180. The Morgan fingerprint density at radius 1 is 1.36 bits per heavy atom. The Bertz CT molecular complexity index is 1200. The van der Waals surface area contributed by atoms with Crippen molar-refractivity contribution in [3.63, 3.8) is 0 Å². The van der Waals surface area contributed by atoms with Crippen LogP contribution in [0.2, 0.25) is 5.02 Å². The van der Waals surface area contributed by atoms with E-state index in [2.05, 4.69) is 32.2 Å². The molecule has 0 aliphatic carbocycles. The van der Waals surface area contributed by atoms with E-state index in [1.807, 2.05) is 24.3 Å². The standard InChI is InChI=1S/C19H17ClN6OS/c1-25-7-6-13-15(9-25)28-19-17(13)18-23-16(24-26(18)11-21-19)10-27-22-8-12-4-2-3-5-14(12)20/h2-5,8,11H,6-7,9-10H2,1H3. The zero-order valence-electron chi connectivity index (χ0n) is 15.2. The van der Waals surface area contributed by atoms with Gasteiger partial charge in [0.05, 0.1) is 11.6 Å². The van der Waals surface area contributed by atoms with Crippen molar-refractivity contribution in [1.82, 2.24) is 24.5 Å². The molecular formula is C19H17ClN6OS. The molecule has 5 rings (SSSR count). The van der Waals surface area contributed by atoms with E-state index in [1.165, 1.54) is 10.4 Å². The quantitative estimate of drug-likeness (QED) is 0.379. The monoisotopic (exact) mass is 412 g/mol. The van der Waals surface area contributed by atoms with Crippen LogP contribution in [0.25, 0.3) is 15.9 Å². The van der Waals surface area contributed by atoms with Gasteiger partial charge in [-0.3, -0.25) is 0 Å². The molecule has 0 amide bonds. The van der Waals surface area contributed by atoms with E-state index in [4.69, 9.17) is 16.4 Å². The van der Waals surface area contributed by atoms with Crippen molar-refractivity contribution in [1.29, 1.82) is 0 Å². The molecule has 0 atom stereocenters. The van der Waals surface area contributed by atoms with Crippen molar-refractivity contribution in [2.75, 3.05) is 13.6 Å². The molecule has 1 aliphatic heterocycles. The fraction of sp³-hybridized carbons (Fsp3) is 0.263. The molecule has 0 saturated carbocycles. The van der Waals surface area contributed by atoms with Gasteiger partial charge < -0.3 is 9.74 Å². The number of nitrogens with zero attached hydrogens (tertiary/aromatic N) is 6. The first-order chi connectivity index (χ1) is 13.7. The SMILES string of the molecule is CN1CCc2c(sc3ncn4nc(CON=Cc5ccccc5Cl)nc4c23)C1. The van der Waals surface area contributed by atoms with E-state index in [0.29, 0.717) is 10.8 Å². The highest BCUT2D eigenvalue weighted by Gasteiger charge is 2.22. The van der Waals surface area contributed by atoms with E-state index in [-0.39, 0.29) is 6.61 Å². The van der Waals surface area contributed by atoms with Crippen molar-refractivity contribution in [3.8, 4) is 0 Å². The number of thiophene rings is 1. The molecule has 3 aromatic heterocycles. The van der Waals surface area contributed by atoms with Crippen LogP contribution in [0.1, 0.15) is 21.8 Å². The molecule has 0 unspecified atom stereocenters. The Kier molecular flexibility index (Phi) is 4.46. The van der Waals surface area contributed by atoms with Crippen molar-refractivity contribution in [2.45, 2.75) is 19.6 Å². The van der Waals surface area contributed by atoms with Crippen LogP contribution in [-0.4, -0.2) is 44.3 Å². The number of hydrogen-bond donors (Lipinski definition) is 0. The predicted octanol–water partition coefficient (Wildman–Crippen LogP) is 3.53. The van der Waals surface area contributed by atoms with Crippen LogP contribution in [-0.2, 0) is 24.4 Å². The summed E-state index contributed by atoms with van der Waals surface area (Å²) >= 11 is 7.85. The minimum atomic E-state index is 0.180. The maximum absolute atomic E-state index is 6.10. The highest BCUT2D eigenvalue weighted by Crippen LogP contribution is 2.35. The fourth-order valence-corrected chi connectivity index (χ4v) is 4.84. The smallest absolute Gasteiger partial charge is 0.192 e. The molecule has 0 N–H and O–H groups in total. The largest absolute Gasteiger partial charge is 0.387 e. The van der Waals surface area contributed by atoms with Crippen LogP contribution >= 0.6 is 22.9 Å². The van der Waals surface area contributed by atoms with E-state index >= 15 is 0 Å². The van der Waals surface area contributed by atoms with Gasteiger partial charge >= 0.3 is 0 Å². The fourth-order valence-electron chi connectivity index (χ4n) is 3.39. The molecule has 4 aromatic rings. The predicted molar refractivity (Wildman–Crippen MR) is 110 cm³/mol. The number of benzene rings is 1. The van der Waals surface area contributed by atoms with Crippen LogP contribution in [0.15, 0.2) is 35.7 Å². The highest BCUT2D eigenvalue weighted by molar-refractivity contribution is 7.19. The van der Waals surface area contributed by atoms with Gasteiger partial charge in [-0.25, -0.2) is 14.5 Å². The van der Waals surface area contributed by atoms with E-state index < -0.39 is 0 Å². The van der Waals surface area contributed by atoms with Gasteiger partial charge in [-0.2, -0.15) is 0 Å². The number of rotatable bonds is 4. The van der Waals surface area contributed by atoms with Gasteiger partial charge in [0.2, 0.25) is 0 Å². The molecule has 9 heteroatoms. The zero-order valence-corrected chi connectivity index (χ0v) is 16.7. The molecule has 1 aliphatic rings. The lowest BCUT2D eigenvalue weighted by molar-refractivity contribution is 0.126. The second kappa shape index (κ2) is 7.12. The van der Waals surface area contributed by atoms with Crippen LogP contribution in [0.5, 0.6) is 0 Å². The number of aromatic nitrogens is 4. The second-order valence-corrected chi connectivity index (χ2v) is 8.23. The number of halogens is 1. The van der Waals surface area contributed by atoms with E-state index in [1.54, 1.807) is 28.4 Å². The lowest BCUT2D eigenvalue weighted by Gasteiger charge is -2.21. The molecule has 0 bridgehead atoms. The van der Waals surface area contributed by atoms with E-state index in [9.17, 15) is 0 Å². The second-order valence-electron chi connectivity index (χ2n) is 6.74. The van der Waals surface area contributed by atoms with Gasteiger partial charge in [-0.05, 0) is 25.1 Å². The first-order valence-electron chi connectivity index (χ1n) is 8.92. The van der Waals surface area contributed by atoms with Gasteiger partial charge in [0, 0.05) is 28.6 Å². The lowest BCUT2D eigenvalue weighted by Crippen LogP contribution is -2.25. The van der Waals surface area contributed by atoms with Crippen LogP contribution in [0, 0.1) is 0 Å². The number of hydrogen-bond acceptors (Lipinski definition) is 7. The van der Waals surface area contributed by atoms with Crippen LogP contribution in [0.4, 0.5) is 0 Å². The van der Waals surface area contributed by atoms with Crippen molar-refractivity contribution >= 4 is 45.0 Å². The summed E-state index contributed by atoms with van der Waals surface area (Å²) in [6, 6.07) is 7.45. The lowest BCUT2D eigenvalue weighted by atomic mass is 10.1.